The maximum absolute atomic E-state index is 16.1. The molecule has 2 aliphatic heterocycles. The van der Waals surface area contributed by atoms with Crippen LogP contribution in [0.25, 0.3) is 32.9 Å². The van der Waals surface area contributed by atoms with Crippen molar-refractivity contribution in [3.05, 3.63) is 42.0 Å². The van der Waals surface area contributed by atoms with Crippen LogP contribution in [0.2, 0.25) is 0 Å². The lowest BCUT2D eigenvalue weighted by atomic mass is 9.99. The van der Waals surface area contributed by atoms with Crippen LogP contribution in [0.3, 0.4) is 0 Å². The summed E-state index contributed by atoms with van der Waals surface area (Å²) in [5.41, 5.74) is 1.13. The minimum absolute atomic E-state index is 0.0251. The summed E-state index contributed by atoms with van der Waals surface area (Å²) in [4.78, 5) is 19.9. The summed E-state index contributed by atoms with van der Waals surface area (Å²) in [6, 6.07) is 7.45. The van der Waals surface area contributed by atoms with Gasteiger partial charge in [-0.1, -0.05) is 18.2 Å². The van der Waals surface area contributed by atoms with E-state index in [2.05, 4.69) is 36.1 Å². The van der Waals surface area contributed by atoms with Gasteiger partial charge in [0.05, 0.1) is 13.2 Å². The number of pyridine rings is 2. The van der Waals surface area contributed by atoms with Gasteiger partial charge in [0.25, 0.3) is 0 Å². The summed E-state index contributed by atoms with van der Waals surface area (Å²) in [6.07, 6.45) is 7.34. The Morgan fingerprint density at radius 3 is 3.00 bits per heavy atom. The van der Waals surface area contributed by atoms with Gasteiger partial charge in [0.1, 0.15) is 34.7 Å². The highest BCUT2D eigenvalue weighted by Crippen LogP contribution is 2.41. The van der Waals surface area contributed by atoms with Crippen molar-refractivity contribution >= 4 is 27.5 Å². The first-order valence-corrected chi connectivity index (χ1v) is 10.6. The van der Waals surface area contributed by atoms with E-state index in [1.807, 2.05) is 18.2 Å². The Morgan fingerprint density at radius 1 is 1.24 bits per heavy atom. The molecule has 1 atom stereocenters. The summed E-state index contributed by atoms with van der Waals surface area (Å²) >= 11 is 0. The molecule has 164 valence electrons. The summed E-state index contributed by atoms with van der Waals surface area (Å²) in [7, 11) is 1.47. The van der Waals surface area contributed by atoms with Crippen LogP contribution in [-0.2, 0) is 0 Å². The number of benzene rings is 1. The number of nitrogens with zero attached hydrogens (tertiary/aromatic N) is 5. The second kappa shape index (κ2) is 7.53. The number of fused-ring (bicyclic) bond motifs is 3. The number of anilines is 1. The predicted octanol–water partition coefficient (Wildman–Crippen LogP) is 2.54. The molecule has 3 aromatic heterocycles. The van der Waals surface area contributed by atoms with E-state index in [1.165, 1.54) is 7.11 Å². The Balaban J connectivity index is 1.69. The third kappa shape index (κ3) is 2.95. The van der Waals surface area contributed by atoms with E-state index in [4.69, 9.17) is 15.9 Å². The molecule has 0 spiro atoms. The van der Waals surface area contributed by atoms with Crippen LogP contribution in [0.4, 0.5) is 10.2 Å². The van der Waals surface area contributed by atoms with Gasteiger partial charge < -0.3 is 19.7 Å². The minimum atomic E-state index is -0.591. The number of hydrogen-bond acceptors (Lipinski definition) is 8. The SMILES string of the molecule is C#Cc1nccc2cccc(-c3nc4c5c(nc(OC)nc5c3F)N3CCNC[C@H]3CO4)c12. The van der Waals surface area contributed by atoms with Crippen molar-refractivity contribution in [1.82, 2.24) is 25.3 Å². The van der Waals surface area contributed by atoms with E-state index in [-0.39, 0.29) is 29.1 Å². The zero-order chi connectivity index (χ0) is 22.5. The topological polar surface area (TPSA) is 85.3 Å². The molecule has 4 aromatic rings. The van der Waals surface area contributed by atoms with Crippen LogP contribution in [0.5, 0.6) is 11.9 Å². The van der Waals surface area contributed by atoms with Gasteiger partial charge in [-0.2, -0.15) is 9.97 Å². The molecular formula is C24H19FN6O2. The Bertz CT molecular complexity index is 1460. The number of rotatable bonds is 2. The zero-order valence-corrected chi connectivity index (χ0v) is 17.8. The molecule has 33 heavy (non-hydrogen) atoms. The molecule has 0 amide bonds. The Morgan fingerprint density at radius 2 is 2.15 bits per heavy atom. The van der Waals surface area contributed by atoms with Crippen molar-refractivity contribution in [1.29, 1.82) is 0 Å². The maximum atomic E-state index is 16.1. The fourth-order valence-corrected chi connectivity index (χ4v) is 4.59. The molecule has 0 saturated carbocycles. The molecule has 5 heterocycles. The summed E-state index contributed by atoms with van der Waals surface area (Å²) < 4.78 is 27.6. The third-order valence-electron chi connectivity index (χ3n) is 6.11. The van der Waals surface area contributed by atoms with E-state index < -0.39 is 5.82 Å². The number of hydrogen-bond donors (Lipinski definition) is 1. The highest BCUT2D eigenvalue weighted by molar-refractivity contribution is 6.02. The van der Waals surface area contributed by atoms with E-state index in [0.29, 0.717) is 41.0 Å². The summed E-state index contributed by atoms with van der Waals surface area (Å²) in [5.74, 6) is 2.86. The molecule has 9 heteroatoms. The van der Waals surface area contributed by atoms with Gasteiger partial charge in [-0.25, -0.2) is 14.4 Å². The third-order valence-corrected chi connectivity index (χ3v) is 6.11. The molecule has 0 bridgehead atoms. The molecule has 2 aliphatic rings. The molecule has 0 aliphatic carbocycles. The molecule has 6 rings (SSSR count). The molecule has 0 unspecified atom stereocenters. The van der Waals surface area contributed by atoms with Crippen LogP contribution >= 0.6 is 0 Å². The van der Waals surface area contributed by atoms with Crippen LogP contribution in [0.1, 0.15) is 5.69 Å². The van der Waals surface area contributed by atoms with Crippen molar-refractivity contribution in [3.8, 4) is 35.5 Å². The lowest BCUT2D eigenvalue weighted by Gasteiger charge is -2.35. The van der Waals surface area contributed by atoms with Gasteiger partial charge in [-0.15, -0.1) is 6.42 Å². The highest BCUT2D eigenvalue weighted by Gasteiger charge is 2.33. The molecule has 1 N–H and O–H groups in total. The van der Waals surface area contributed by atoms with E-state index in [1.54, 1.807) is 12.3 Å². The van der Waals surface area contributed by atoms with Gasteiger partial charge in [0.15, 0.2) is 5.82 Å². The second-order valence-corrected chi connectivity index (χ2v) is 7.91. The van der Waals surface area contributed by atoms with Crippen LogP contribution < -0.4 is 19.7 Å². The highest BCUT2D eigenvalue weighted by atomic mass is 19.1. The standard InChI is InChI=1S/C24H19FN6O2/c1-3-16-17-13(7-8-27-16)5-4-6-15(17)20-19(25)21-18-22(30-24(29-21)32-2)31-10-9-26-11-14(31)12-33-23(18)28-20/h1,4-8,14,26H,9-12H2,2H3/t14-/m0/s1. The minimum Gasteiger partial charge on any atom is -0.475 e. The number of halogens is 1. The monoisotopic (exact) mass is 442 g/mol. The van der Waals surface area contributed by atoms with E-state index in [9.17, 15) is 0 Å². The van der Waals surface area contributed by atoms with Gasteiger partial charge >= 0.3 is 6.01 Å². The van der Waals surface area contributed by atoms with Crippen molar-refractivity contribution in [2.24, 2.45) is 0 Å². The molecule has 1 aromatic carbocycles. The lowest BCUT2D eigenvalue weighted by molar-refractivity contribution is 0.266. The maximum Gasteiger partial charge on any atom is 0.318 e. The average Bonchev–Trinajstić information content (AvgIpc) is 3.02. The average molecular weight is 442 g/mol. The van der Waals surface area contributed by atoms with Crippen LogP contribution in [0.15, 0.2) is 30.5 Å². The fraction of sp³-hybridized carbons (Fsp3) is 0.250. The van der Waals surface area contributed by atoms with E-state index >= 15 is 4.39 Å². The molecule has 0 radical (unpaired) electrons. The second-order valence-electron chi connectivity index (χ2n) is 7.91. The van der Waals surface area contributed by atoms with Crippen molar-refractivity contribution in [2.45, 2.75) is 6.04 Å². The predicted molar refractivity (Wildman–Crippen MR) is 122 cm³/mol. The number of piperazine rings is 1. The van der Waals surface area contributed by atoms with Crippen LogP contribution in [-0.4, -0.2) is 59.3 Å². The number of ether oxygens (including phenoxy) is 2. The normalized spacial score (nSPS) is 17.2. The van der Waals surface area contributed by atoms with Gasteiger partial charge in [0.2, 0.25) is 5.88 Å². The number of nitrogens with one attached hydrogen (secondary N) is 1. The van der Waals surface area contributed by atoms with Gasteiger partial charge in [0, 0.05) is 36.8 Å². The summed E-state index contributed by atoms with van der Waals surface area (Å²) in [6.45, 7) is 2.58. The quantitative estimate of drug-likeness (QED) is 0.474. The smallest absolute Gasteiger partial charge is 0.318 e. The Hall–Kier alpha value is -4.03. The first-order chi connectivity index (χ1) is 16.2. The molecule has 8 nitrogen and oxygen atoms in total. The van der Waals surface area contributed by atoms with Crippen molar-refractivity contribution in [3.63, 3.8) is 0 Å². The lowest BCUT2D eigenvalue weighted by Crippen LogP contribution is -2.53. The fourth-order valence-electron chi connectivity index (χ4n) is 4.59. The molecular weight excluding hydrogens is 423 g/mol. The number of terminal acetylenes is 1. The number of aromatic nitrogens is 4. The van der Waals surface area contributed by atoms with Gasteiger partial charge in [-0.05, 0) is 17.4 Å². The Labute approximate surface area is 188 Å². The van der Waals surface area contributed by atoms with Crippen molar-refractivity contribution < 1.29 is 13.9 Å². The van der Waals surface area contributed by atoms with E-state index in [0.717, 1.165) is 18.5 Å². The first kappa shape index (κ1) is 19.6. The molecule has 1 saturated heterocycles. The van der Waals surface area contributed by atoms with Gasteiger partial charge in [-0.3, -0.25) is 0 Å². The first-order valence-electron chi connectivity index (χ1n) is 10.6. The molecule has 1 fully saturated rings. The Kier molecular flexibility index (Phi) is 4.48. The zero-order valence-electron chi connectivity index (χ0n) is 17.8. The summed E-state index contributed by atoms with van der Waals surface area (Å²) in [5, 5.41) is 5.30. The number of methoxy groups -OCH3 is 1. The van der Waals surface area contributed by atoms with Crippen LogP contribution in [0, 0.1) is 18.2 Å². The largest absolute Gasteiger partial charge is 0.475 e. The van der Waals surface area contributed by atoms with Crippen molar-refractivity contribution in [2.75, 3.05) is 38.3 Å².